The van der Waals surface area contributed by atoms with E-state index in [4.69, 9.17) is 4.74 Å². The largest absolute Gasteiger partial charge is 0.452 e. The molecule has 2 aromatic carbocycles. The number of rotatable bonds is 6. The van der Waals surface area contributed by atoms with Crippen molar-refractivity contribution in [3.8, 4) is 0 Å². The molecule has 0 aliphatic heterocycles. The molecule has 0 atom stereocenters. The van der Waals surface area contributed by atoms with E-state index in [9.17, 15) is 19.7 Å². The molecule has 0 heterocycles. The van der Waals surface area contributed by atoms with Crippen molar-refractivity contribution in [3.63, 3.8) is 0 Å². The zero-order valence-electron chi connectivity index (χ0n) is 14.9. The summed E-state index contributed by atoms with van der Waals surface area (Å²) in [6.45, 7) is 3.40. The summed E-state index contributed by atoms with van der Waals surface area (Å²) in [5.74, 6) is -1.12. The van der Waals surface area contributed by atoms with Gasteiger partial charge in [0.05, 0.1) is 10.5 Å². The van der Waals surface area contributed by atoms with Crippen LogP contribution in [0.3, 0.4) is 0 Å². The number of nitrogens with zero attached hydrogens (tertiary/aromatic N) is 2. The highest BCUT2D eigenvalue weighted by atomic mass is 16.6. The first kappa shape index (κ1) is 19.1. The Kier molecular flexibility index (Phi) is 6.06. The topological polar surface area (TPSA) is 89.8 Å². The SMILES string of the molecule is Cc1ccccc1CN(C)C(=O)COC(=O)c1cccc([N+](=O)[O-])c1C. The van der Waals surface area contributed by atoms with E-state index in [0.29, 0.717) is 6.54 Å². The predicted molar refractivity (Wildman–Crippen MR) is 95.8 cm³/mol. The molecule has 0 saturated heterocycles. The quantitative estimate of drug-likeness (QED) is 0.451. The first-order valence-corrected chi connectivity index (χ1v) is 8.01. The van der Waals surface area contributed by atoms with Crippen LogP contribution in [0.25, 0.3) is 0 Å². The summed E-state index contributed by atoms with van der Waals surface area (Å²) >= 11 is 0. The van der Waals surface area contributed by atoms with Crippen LogP contribution in [0.15, 0.2) is 42.5 Å². The van der Waals surface area contributed by atoms with E-state index in [1.165, 1.54) is 30.0 Å². The molecule has 0 aromatic heterocycles. The molecule has 0 fully saturated rings. The normalized spacial score (nSPS) is 10.3. The van der Waals surface area contributed by atoms with Gasteiger partial charge in [0.15, 0.2) is 6.61 Å². The summed E-state index contributed by atoms with van der Waals surface area (Å²) < 4.78 is 5.04. The molecule has 0 unspecified atom stereocenters. The Morgan fingerprint density at radius 2 is 1.81 bits per heavy atom. The lowest BCUT2D eigenvalue weighted by Crippen LogP contribution is -2.31. The van der Waals surface area contributed by atoms with Crippen molar-refractivity contribution in [3.05, 3.63) is 74.8 Å². The molecule has 1 amide bonds. The standard InChI is InChI=1S/C19H20N2O5/c1-13-7-4-5-8-15(13)11-20(3)18(22)12-26-19(23)16-9-6-10-17(14(16)2)21(24)25/h4-10H,11-12H2,1-3H3. The molecule has 2 rings (SSSR count). The van der Waals surface area contributed by atoms with E-state index in [1.54, 1.807) is 7.05 Å². The highest BCUT2D eigenvalue weighted by Gasteiger charge is 2.20. The number of likely N-dealkylation sites (N-methyl/N-ethyl adjacent to an activating group) is 1. The number of carbonyl (C=O) groups excluding carboxylic acids is 2. The molecular weight excluding hydrogens is 336 g/mol. The van der Waals surface area contributed by atoms with Gasteiger partial charge in [0, 0.05) is 25.2 Å². The van der Waals surface area contributed by atoms with Crippen LogP contribution < -0.4 is 0 Å². The number of nitro benzene ring substituents is 1. The van der Waals surface area contributed by atoms with Crippen LogP contribution in [-0.4, -0.2) is 35.4 Å². The highest BCUT2D eigenvalue weighted by molar-refractivity contribution is 5.93. The molecule has 7 heteroatoms. The first-order valence-electron chi connectivity index (χ1n) is 8.01. The van der Waals surface area contributed by atoms with E-state index in [2.05, 4.69) is 0 Å². The zero-order chi connectivity index (χ0) is 19.3. The molecule has 0 aliphatic rings. The second kappa shape index (κ2) is 8.24. The van der Waals surface area contributed by atoms with Gasteiger partial charge in [0.2, 0.25) is 0 Å². The number of hydrogen-bond acceptors (Lipinski definition) is 5. The Hall–Kier alpha value is -3.22. The van der Waals surface area contributed by atoms with Crippen molar-refractivity contribution >= 4 is 17.6 Å². The molecule has 0 spiro atoms. The first-order chi connectivity index (χ1) is 12.3. The molecule has 136 valence electrons. The number of nitro groups is 1. The van der Waals surface area contributed by atoms with E-state index in [0.717, 1.165) is 11.1 Å². The number of hydrogen-bond donors (Lipinski definition) is 0. The number of aryl methyl sites for hydroxylation is 1. The third-order valence-electron chi connectivity index (χ3n) is 4.14. The number of esters is 1. The van der Waals surface area contributed by atoms with Gasteiger partial charge in [-0.15, -0.1) is 0 Å². The van der Waals surface area contributed by atoms with Gasteiger partial charge >= 0.3 is 5.97 Å². The lowest BCUT2D eigenvalue weighted by Gasteiger charge is -2.18. The van der Waals surface area contributed by atoms with Crippen molar-refractivity contribution < 1.29 is 19.2 Å². The average Bonchev–Trinajstić information content (AvgIpc) is 2.61. The summed E-state index contributed by atoms with van der Waals surface area (Å²) in [4.78, 5) is 36.2. The second-order valence-corrected chi connectivity index (χ2v) is 5.96. The maximum Gasteiger partial charge on any atom is 0.339 e. The minimum absolute atomic E-state index is 0.0774. The predicted octanol–water partition coefficient (Wildman–Crippen LogP) is 3.03. The van der Waals surface area contributed by atoms with Gasteiger partial charge in [0.25, 0.3) is 11.6 Å². The van der Waals surface area contributed by atoms with Crippen molar-refractivity contribution in [2.45, 2.75) is 20.4 Å². The minimum atomic E-state index is -0.760. The van der Waals surface area contributed by atoms with Crippen LogP contribution in [-0.2, 0) is 16.1 Å². The highest BCUT2D eigenvalue weighted by Crippen LogP contribution is 2.21. The van der Waals surface area contributed by atoms with E-state index in [-0.39, 0.29) is 22.7 Å². The fourth-order valence-electron chi connectivity index (χ4n) is 2.49. The Labute approximate surface area is 151 Å². The van der Waals surface area contributed by atoms with Crippen LogP contribution in [0.2, 0.25) is 0 Å². The summed E-state index contributed by atoms with van der Waals surface area (Å²) in [7, 11) is 1.63. The molecule has 2 aromatic rings. The van der Waals surface area contributed by atoms with E-state index >= 15 is 0 Å². The maximum absolute atomic E-state index is 12.2. The van der Waals surface area contributed by atoms with Crippen LogP contribution in [0.5, 0.6) is 0 Å². The zero-order valence-corrected chi connectivity index (χ0v) is 14.9. The van der Waals surface area contributed by atoms with E-state index in [1.807, 2.05) is 31.2 Å². The lowest BCUT2D eigenvalue weighted by atomic mass is 10.1. The third kappa shape index (κ3) is 4.44. The summed E-state index contributed by atoms with van der Waals surface area (Å²) in [6, 6.07) is 11.9. The number of benzene rings is 2. The molecule has 0 saturated carbocycles. The fraction of sp³-hybridized carbons (Fsp3) is 0.263. The van der Waals surface area contributed by atoms with Gasteiger partial charge in [0.1, 0.15) is 0 Å². The van der Waals surface area contributed by atoms with Gasteiger partial charge in [-0.1, -0.05) is 30.3 Å². The van der Waals surface area contributed by atoms with Crippen LogP contribution >= 0.6 is 0 Å². The van der Waals surface area contributed by atoms with Crippen LogP contribution in [0.4, 0.5) is 5.69 Å². The molecular formula is C19H20N2O5. The molecule has 7 nitrogen and oxygen atoms in total. The molecule has 0 aliphatic carbocycles. The Balaban J connectivity index is 1.99. The minimum Gasteiger partial charge on any atom is -0.452 e. The van der Waals surface area contributed by atoms with Gasteiger partial charge in [-0.2, -0.15) is 0 Å². The summed E-state index contributed by atoms with van der Waals surface area (Å²) in [6.07, 6.45) is 0. The maximum atomic E-state index is 12.2. The Morgan fingerprint density at radius 1 is 1.12 bits per heavy atom. The lowest BCUT2D eigenvalue weighted by molar-refractivity contribution is -0.385. The van der Waals surface area contributed by atoms with Gasteiger partial charge in [-0.05, 0) is 31.0 Å². The van der Waals surface area contributed by atoms with Crippen molar-refractivity contribution in [2.24, 2.45) is 0 Å². The van der Waals surface area contributed by atoms with Gasteiger partial charge in [-0.25, -0.2) is 4.79 Å². The summed E-state index contributed by atoms with van der Waals surface area (Å²) in [5.41, 5.74) is 2.19. The van der Waals surface area contributed by atoms with E-state index < -0.39 is 17.5 Å². The fourth-order valence-corrected chi connectivity index (χ4v) is 2.49. The molecule has 26 heavy (non-hydrogen) atoms. The molecule has 0 N–H and O–H groups in total. The Morgan fingerprint density at radius 3 is 2.46 bits per heavy atom. The number of amides is 1. The summed E-state index contributed by atoms with van der Waals surface area (Å²) in [5, 5.41) is 10.9. The van der Waals surface area contributed by atoms with Gasteiger partial charge < -0.3 is 9.64 Å². The van der Waals surface area contributed by atoms with Gasteiger partial charge in [-0.3, -0.25) is 14.9 Å². The van der Waals surface area contributed by atoms with Crippen molar-refractivity contribution in [2.75, 3.05) is 13.7 Å². The second-order valence-electron chi connectivity index (χ2n) is 5.96. The average molecular weight is 356 g/mol. The van der Waals surface area contributed by atoms with Crippen molar-refractivity contribution in [1.29, 1.82) is 0 Å². The van der Waals surface area contributed by atoms with Crippen LogP contribution in [0.1, 0.15) is 27.0 Å². The smallest absolute Gasteiger partial charge is 0.339 e. The molecule has 0 radical (unpaired) electrons. The number of carbonyl (C=O) groups is 2. The number of ether oxygens (including phenoxy) is 1. The van der Waals surface area contributed by atoms with Crippen LogP contribution in [0, 0.1) is 24.0 Å². The molecule has 0 bridgehead atoms. The monoisotopic (exact) mass is 356 g/mol. The van der Waals surface area contributed by atoms with Crippen molar-refractivity contribution in [1.82, 2.24) is 4.90 Å². The third-order valence-corrected chi connectivity index (χ3v) is 4.14. The Bertz CT molecular complexity index is 848.